The lowest BCUT2D eigenvalue weighted by Crippen LogP contribution is -2.26. The number of sulfonamides is 1. The van der Waals surface area contributed by atoms with E-state index in [2.05, 4.69) is 4.72 Å². The summed E-state index contributed by atoms with van der Waals surface area (Å²) >= 11 is 11.5. The zero-order chi connectivity index (χ0) is 14.6. The molecule has 1 aromatic rings. The SMILES string of the molecule is NCCCNS(=O)(=O)c1cc(Cl)cc(C(=O)O)c1Cl. The quantitative estimate of drug-likeness (QED) is 0.683. The van der Waals surface area contributed by atoms with Crippen LogP contribution in [0.5, 0.6) is 0 Å². The molecule has 0 aromatic heterocycles. The summed E-state index contributed by atoms with van der Waals surface area (Å²) in [4.78, 5) is 10.6. The highest BCUT2D eigenvalue weighted by Crippen LogP contribution is 2.29. The van der Waals surface area contributed by atoms with Gasteiger partial charge in [-0.15, -0.1) is 0 Å². The molecule has 0 saturated heterocycles. The minimum atomic E-state index is -3.93. The fourth-order valence-electron chi connectivity index (χ4n) is 1.30. The van der Waals surface area contributed by atoms with Crippen LogP contribution >= 0.6 is 23.2 Å². The van der Waals surface area contributed by atoms with Crippen molar-refractivity contribution >= 4 is 39.2 Å². The van der Waals surface area contributed by atoms with E-state index in [1.54, 1.807) is 0 Å². The maximum atomic E-state index is 12.0. The summed E-state index contributed by atoms with van der Waals surface area (Å²) in [5.41, 5.74) is 4.89. The molecule has 6 nitrogen and oxygen atoms in total. The zero-order valence-corrected chi connectivity index (χ0v) is 12.0. The minimum Gasteiger partial charge on any atom is -0.478 e. The third-order valence-corrected chi connectivity index (χ3v) is 4.42. The van der Waals surface area contributed by atoms with E-state index in [0.29, 0.717) is 13.0 Å². The molecule has 0 aliphatic carbocycles. The van der Waals surface area contributed by atoms with Gasteiger partial charge >= 0.3 is 5.97 Å². The standard InChI is InChI=1S/C10H12Cl2N2O4S/c11-6-4-7(10(15)16)9(12)8(5-6)19(17,18)14-3-1-2-13/h4-5,14H,1-3,13H2,(H,15,16). The second kappa shape index (κ2) is 6.53. The summed E-state index contributed by atoms with van der Waals surface area (Å²) in [7, 11) is -3.93. The van der Waals surface area contributed by atoms with Crippen molar-refractivity contribution in [2.24, 2.45) is 5.73 Å². The molecule has 0 amide bonds. The fourth-order valence-corrected chi connectivity index (χ4v) is 3.28. The first kappa shape index (κ1) is 16.2. The van der Waals surface area contributed by atoms with E-state index in [4.69, 9.17) is 34.0 Å². The molecular weight excluding hydrogens is 315 g/mol. The number of nitrogens with one attached hydrogen (secondary N) is 1. The number of carbonyl (C=O) groups is 1. The van der Waals surface area contributed by atoms with Crippen molar-refractivity contribution in [2.75, 3.05) is 13.1 Å². The lowest BCUT2D eigenvalue weighted by Gasteiger charge is -2.10. The number of hydrogen-bond acceptors (Lipinski definition) is 4. The highest BCUT2D eigenvalue weighted by molar-refractivity contribution is 7.89. The van der Waals surface area contributed by atoms with Crippen molar-refractivity contribution in [3.05, 3.63) is 27.7 Å². The minimum absolute atomic E-state index is 0.0269. The Morgan fingerprint density at radius 1 is 1.37 bits per heavy atom. The predicted molar refractivity (Wildman–Crippen MR) is 72.3 cm³/mol. The van der Waals surface area contributed by atoms with Gasteiger partial charge in [0.1, 0.15) is 4.90 Å². The molecule has 0 aliphatic rings. The molecule has 1 aromatic carbocycles. The van der Waals surface area contributed by atoms with Crippen LogP contribution in [0.15, 0.2) is 17.0 Å². The summed E-state index contributed by atoms with van der Waals surface area (Å²) in [6.45, 7) is 0.455. The van der Waals surface area contributed by atoms with E-state index >= 15 is 0 Å². The van der Waals surface area contributed by atoms with Crippen LogP contribution in [0.25, 0.3) is 0 Å². The van der Waals surface area contributed by atoms with Crippen LogP contribution < -0.4 is 10.5 Å². The molecule has 0 bridgehead atoms. The Labute approximate surface area is 120 Å². The molecule has 0 radical (unpaired) electrons. The maximum absolute atomic E-state index is 12.0. The Morgan fingerprint density at radius 2 is 2.00 bits per heavy atom. The molecule has 106 valence electrons. The molecule has 1 rings (SSSR count). The van der Waals surface area contributed by atoms with Gasteiger partial charge in [0.15, 0.2) is 0 Å². The first-order valence-electron chi connectivity index (χ1n) is 5.21. The Hall–Kier alpha value is -0.860. The molecule has 0 spiro atoms. The van der Waals surface area contributed by atoms with E-state index in [9.17, 15) is 13.2 Å². The number of nitrogens with two attached hydrogens (primary N) is 1. The topological polar surface area (TPSA) is 109 Å². The van der Waals surface area contributed by atoms with Crippen LogP contribution in [0.4, 0.5) is 0 Å². The lowest BCUT2D eigenvalue weighted by molar-refractivity contribution is 0.0697. The van der Waals surface area contributed by atoms with E-state index < -0.39 is 16.0 Å². The van der Waals surface area contributed by atoms with Crippen molar-refractivity contribution in [1.29, 1.82) is 0 Å². The first-order valence-corrected chi connectivity index (χ1v) is 7.45. The largest absolute Gasteiger partial charge is 0.478 e. The summed E-state index contributed by atoms with van der Waals surface area (Å²) in [6, 6.07) is 2.19. The normalized spacial score (nSPS) is 11.5. The summed E-state index contributed by atoms with van der Waals surface area (Å²) in [5, 5.41) is 8.52. The van der Waals surface area contributed by atoms with Crippen molar-refractivity contribution in [3.8, 4) is 0 Å². The molecule has 4 N–H and O–H groups in total. The number of carboxylic acid groups (broad SMARTS) is 1. The highest BCUT2D eigenvalue weighted by Gasteiger charge is 2.23. The van der Waals surface area contributed by atoms with Crippen LogP contribution in [0, 0.1) is 0 Å². The smallest absolute Gasteiger partial charge is 0.337 e. The molecule has 0 atom stereocenters. The number of benzene rings is 1. The maximum Gasteiger partial charge on any atom is 0.337 e. The predicted octanol–water partition coefficient (Wildman–Crippen LogP) is 1.32. The number of hydrogen-bond donors (Lipinski definition) is 3. The van der Waals surface area contributed by atoms with Gasteiger partial charge in [0.2, 0.25) is 10.0 Å². The number of halogens is 2. The molecule has 0 fully saturated rings. The van der Waals surface area contributed by atoms with Crippen molar-refractivity contribution in [1.82, 2.24) is 4.72 Å². The zero-order valence-electron chi connectivity index (χ0n) is 9.69. The van der Waals surface area contributed by atoms with E-state index in [1.165, 1.54) is 0 Å². The molecule has 9 heteroatoms. The third-order valence-electron chi connectivity index (χ3n) is 2.20. The molecule has 19 heavy (non-hydrogen) atoms. The van der Waals surface area contributed by atoms with Crippen LogP contribution in [-0.4, -0.2) is 32.6 Å². The van der Waals surface area contributed by atoms with Gasteiger partial charge in [-0.1, -0.05) is 23.2 Å². The first-order chi connectivity index (χ1) is 8.79. The van der Waals surface area contributed by atoms with E-state index in [-0.39, 0.29) is 27.0 Å². The number of aromatic carboxylic acids is 1. The van der Waals surface area contributed by atoms with Gasteiger partial charge < -0.3 is 10.8 Å². The third kappa shape index (κ3) is 4.05. The molecule has 0 heterocycles. The van der Waals surface area contributed by atoms with Gasteiger partial charge in [-0.2, -0.15) is 0 Å². The molecular formula is C10H12Cl2N2O4S. The molecule has 0 unspecified atom stereocenters. The van der Waals surface area contributed by atoms with Gasteiger partial charge in [-0.3, -0.25) is 0 Å². The van der Waals surface area contributed by atoms with Crippen LogP contribution in [0.2, 0.25) is 10.0 Å². The Morgan fingerprint density at radius 3 is 2.53 bits per heavy atom. The van der Waals surface area contributed by atoms with Gasteiger partial charge in [-0.05, 0) is 25.1 Å². The van der Waals surface area contributed by atoms with Gasteiger partial charge in [0, 0.05) is 11.6 Å². The van der Waals surface area contributed by atoms with Crippen LogP contribution in [-0.2, 0) is 10.0 Å². The Balaban J connectivity index is 3.23. The molecule has 0 aliphatic heterocycles. The second-order valence-electron chi connectivity index (χ2n) is 3.61. The number of rotatable bonds is 6. The highest BCUT2D eigenvalue weighted by atomic mass is 35.5. The van der Waals surface area contributed by atoms with Crippen molar-refractivity contribution in [3.63, 3.8) is 0 Å². The average Bonchev–Trinajstić information content (AvgIpc) is 2.31. The van der Waals surface area contributed by atoms with Crippen LogP contribution in [0.1, 0.15) is 16.8 Å². The summed E-state index contributed by atoms with van der Waals surface area (Å²) in [6.07, 6.45) is 0.448. The van der Waals surface area contributed by atoms with E-state index in [0.717, 1.165) is 12.1 Å². The summed E-state index contributed by atoms with van der Waals surface area (Å²) < 4.78 is 26.2. The van der Waals surface area contributed by atoms with Gasteiger partial charge in [-0.25, -0.2) is 17.9 Å². The van der Waals surface area contributed by atoms with Gasteiger partial charge in [0.25, 0.3) is 0 Å². The Bertz CT molecular complexity index is 589. The lowest BCUT2D eigenvalue weighted by atomic mass is 10.2. The monoisotopic (exact) mass is 326 g/mol. The van der Waals surface area contributed by atoms with Crippen LogP contribution in [0.3, 0.4) is 0 Å². The van der Waals surface area contributed by atoms with Crippen molar-refractivity contribution in [2.45, 2.75) is 11.3 Å². The van der Waals surface area contributed by atoms with Gasteiger partial charge in [0.05, 0.1) is 10.6 Å². The molecule has 0 saturated carbocycles. The number of carboxylic acids is 1. The summed E-state index contributed by atoms with van der Waals surface area (Å²) in [5.74, 6) is -1.36. The fraction of sp³-hybridized carbons (Fsp3) is 0.300. The van der Waals surface area contributed by atoms with E-state index in [1.807, 2.05) is 0 Å². The second-order valence-corrected chi connectivity index (χ2v) is 6.16. The Kier molecular flexibility index (Phi) is 5.57. The average molecular weight is 327 g/mol. The van der Waals surface area contributed by atoms with Crippen molar-refractivity contribution < 1.29 is 18.3 Å².